The number of carbonyl (C=O) groups is 1. The minimum atomic E-state index is 0.322. The number of aryl methyl sites for hydroxylation is 1. The molecule has 46 valence electrons. The Morgan fingerprint density at radius 2 is 2.44 bits per heavy atom. The van der Waals surface area contributed by atoms with Gasteiger partial charge in [-0.2, -0.15) is 5.10 Å². The van der Waals surface area contributed by atoms with Gasteiger partial charge in [0.15, 0.2) is 6.29 Å². The van der Waals surface area contributed by atoms with Crippen LogP contribution in [-0.4, -0.2) is 21.5 Å². The number of hydrogen-bond donors (Lipinski definition) is 0. The summed E-state index contributed by atoms with van der Waals surface area (Å²) in [7, 11) is 0. The zero-order valence-electron chi connectivity index (χ0n) is 4.90. The Balaban J connectivity index is 3.07. The molecule has 0 aliphatic carbocycles. The Bertz CT molecular complexity index is 223. The molecule has 1 rings (SSSR count). The van der Waals surface area contributed by atoms with Gasteiger partial charge in [0.2, 0.25) is 0 Å². The summed E-state index contributed by atoms with van der Waals surface area (Å²) in [6, 6.07) is 0. The van der Waals surface area contributed by atoms with Crippen LogP contribution in [0.15, 0.2) is 6.20 Å². The molecule has 0 N–H and O–H groups in total. The molecule has 0 bridgehead atoms. The van der Waals surface area contributed by atoms with Gasteiger partial charge in [0.1, 0.15) is 11.5 Å². The molecule has 1 aromatic rings. The van der Waals surface area contributed by atoms with Gasteiger partial charge in [-0.15, -0.1) is 5.10 Å². The highest BCUT2D eigenvalue weighted by atomic mass is 16.1. The number of aromatic nitrogens is 3. The van der Waals surface area contributed by atoms with Crippen LogP contribution in [0.25, 0.3) is 0 Å². The van der Waals surface area contributed by atoms with Crippen molar-refractivity contribution in [2.45, 2.75) is 6.92 Å². The van der Waals surface area contributed by atoms with Crippen molar-refractivity contribution in [1.82, 2.24) is 15.2 Å². The van der Waals surface area contributed by atoms with Gasteiger partial charge < -0.3 is 0 Å². The minimum absolute atomic E-state index is 0.322. The van der Waals surface area contributed by atoms with Gasteiger partial charge in [0.05, 0.1) is 6.20 Å². The summed E-state index contributed by atoms with van der Waals surface area (Å²) in [6.07, 6.45) is 1.96. The van der Waals surface area contributed by atoms with E-state index in [-0.39, 0.29) is 0 Å². The smallest absolute Gasteiger partial charge is 0.170 e. The maximum absolute atomic E-state index is 10.0. The molecule has 0 unspecified atom stereocenters. The van der Waals surface area contributed by atoms with Crippen molar-refractivity contribution < 1.29 is 4.79 Å². The van der Waals surface area contributed by atoms with Gasteiger partial charge in [-0.25, -0.2) is 4.98 Å². The van der Waals surface area contributed by atoms with Gasteiger partial charge in [-0.05, 0) is 6.92 Å². The van der Waals surface area contributed by atoms with E-state index in [1.54, 1.807) is 6.92 Å². The van der Waals surface area contributed by atoms with E-state index in [0.29, 0.717) is 17.8 Å². The van der Waals surface area contributed by atoms with E-state index in [0.717, 1.165) is 0 Å². The highest BCUT2D eigenvalue weighted by molar-refractivity contribution is 5.70. The van der Waals surface area contributed by atoms with Gasteiger partial charge in [-0.1, -0.05) is 0 Å². The maximum atomic E-state index is 10.0. The van der Waals surface area contributed by atoms with E-state index in [1.165, 1.54) is 6.20 Å². The molecule has 4 heteroatoms. The summed E-state index contributed by atoms with van der Waals surface area (Å²) in [6.45, 7) is 1.68. The maximum Gasteiger partial charge on any atom is 0.170 e. The predicted molar refractivity (Wildman–Crippen MR) is 30.0 cm³/mol. The molecule has 0 amide bonds. The second kappa shape index (κ2) is 2.30. The second-order valence-corrected chi connectivity index (χ2v) is 1.55. The van der Waals surface area contributed by atoms with Crippen LogP contribution in [0.1, 0.15) is 16.3 Å². The molecular formula is C5H5N3O. The topological polar surface area (TPSA) is 55.7 Å². The van der Waals surface area contributed by atoms with Crippen LogP contribution >= 0.6 is 0 Å². The first-order chi connectivity index (χ1) is 4.33. The fraction of sp³-hybridized carbons (Fsp3) is 0.200. The summed E-state index contributed by atoms with van der Waals surface area (Å²) in [5.74, 6) is 0.514. The van der Waals surface area contributed by atoms with Crippen LogP contribution in [0.4, 0.5) is 0 Å². The third-order valence-corrected chi connectivity index (χ3v) is 0.804. The molecule has 0 saturated heterocycles. The lowest BCUT2D eigenvalue weighted by Crippen LogP contribution is -1.94. The van der Waals surface area contributed by atoms with Crippen molar-refractivity contribution in [3.05, 3.63) is 17.7 Å². The quantitative estimate of drug-likeness (QED) is 0.493. The minimum Gasteiger partial charge on any atom is -0.296 e. The Labute approximate surface area is 52.0 Å². The van der Waals surface area contributed by atoms with Crippen molar-refractivity contribution in [3.8, 4) is 0 Å². The standard InChI is InChI=1S/C5H5N3O/c1-4-7-5(3-9)2-6-8-4/h2-3H,1H3. The van der Waals surface area contributed by atoms with E-state index < -0.39 is 0 Å². The van der Waals surface area contributed by atoms with Gasteiger partial charge in [-0.3, -0.25) is 4.79 Å². The molecular weight excluding hydrogens is 118 g/mol. The molecule has 0 aliphatic rings. The summed E-state index contributed by atoms with van der Waals surface area (Å²) in [5, 5.41) is 7.08. The number of aldehydes is 1. The fourth-order valence-corrected chi connectivity index (χ4v) is 0.466. The Morgan fingerprint density at radius 1 is 1.67 bits per heavy atom. The largest absolute Gasteiger partial charge is 0.296 e. The average molecular weight is 123 g/mol. The molecule has 1 aromatic heterocycles. The summed E-state index contributed by atoms with van der Waals surface area (Å²) < 4.78 is 0. The second-order valence-electron chi connectivity index (χ2n) is 1.55. The molecule has 9 heavy (non-hydrogen) atoms. The van der Waals surface area contributed by atoms with Crippen molar-refractivity contribution in [2.75, 3.05) is 0 Å². The average Bonchev–Trinajstić information content (AvgIpc) is 1.88. The number of rotatable bonds is 1. The number of hydrogen-bond acceptors (Lipinski definition) is 4. The molecule has 1 heterocycles. The summed E-state index contributed by atoms with van der Waals surface area (Å²) in [5.41, 5.74) is 0.322. The summed E-state index contributed by atoms with van der Waals surface area (Å²) >= 11 is 0. The van der Waals surface area contributed by atoms with Crippen LogP contribution in [0, 0.1) is 6.92 Å². The van der Waals surface area contributed by atoms with E-state index in [2.05, 4.69) is 15.2 Å². The van der Waals surface area contributed by atoms with Crippen molar-refractivity contribution in [2.24, 2.45) is 0 Å². The first-order valence-corrected chi connectivity index (χ1v) is 2.44. The van der Waals surface area contributed by atoms with Crippen molar-refractivity contribution in [1.29, 1.82) is 0 Å². The molecule has 0 aromatic carbocycles. The summed E-state index contributed by atoms with van der Waals surface area (Å²) in [4.78, 5) is 13.8. The predicted octanol–water partition coefficient (Wildman–Crippen LogP) is -0.00748. The molecule has 0 radical (unpaired) electrons. The van der Waals surface area contributed by atoms with E-state index in [9.17, 15) is 4.79 Å². The lowest BCUT2D eigenvalue weighted by molar-refractivity contribution is 0.111. The number of carbonyl (C=O) groups excluding carboxylic acids is 1. The first-order valence-electron chi connectivity index (χ1n) is 2.44. The lowest BCUT2D eigenvalue weighted by atomic mass is 10.5. The zero-order chi connectivity index (χ0) is 6.69. The highest BCUT2D eigenvalue weighted by Crippen LogP contribution is 1.84. The van der Waals surface area contributed by atoms with Gasteiger partial charge in [0, 0.05) is 0 Å². The third-order valence-electron chi connectivity index (χ3n) is 0.804. The van der Waals surface area contributed by atoms with E-state index >= 15 is 0 Å². The zero-order valence-corrected chi connectivity index (χ0v) is 4.90. The monoisotopic (exact) mass is 123 g/mol. The Hall–Kier alpha value is -1.32. The Morgan fingerprint density at radius 3 is 2.89 bits per heavy atom. The van der Waals surface area contributed by atoms with Crippen LogP contribution in [0.5, 0.6) is 0 Å². The first kappa shape index (κ1) is 5.81. The van der Waals surface area contributed by atoms with Crippen LogP contribution in [-0.2, 0) is 0 Å². The normalized spacial score (nSPS) is 9.00. The SMILES string of the molecule is Cc1nncc(C=O)n1. The Kier molecular flexibility index (Phi) is 1.48. The molecule has 0 fully saturated rings. The third kappa shape index (κ3) is 1.28. The van der Waals surface area contributed by atoms with Crippen LogP contribution in [0.2, 0.25) is 0 Å². The van der Waals surface area contributed by atoms with Gasteiger partial charge in [0.25, 0.3) is 0 Å². The molecule has 4 nitrogen and oxygen atoms in total. The van der Waals surface area contributed by atoms with Gasteiger partial charge >= 0.3 is 0 Å². The molecule has 0 saturated carbocycles. The molecule has 0 aliphatic heterocycles. The highest BCUT2D eigenvalue weighted by Gasteiger charge is 1.90. The van der Waals surface area contributed by atoms with E-state index in [1.807, 2.05) is 0 Å². The van der Waals surface area contributed by atoms with Crippen LogP contribution < -0.4 is 0 Å². The number of nitrogens with zero attached hydrogens (tertiary/aromatic N) is 3. The van der Waals surface area contributed by atoms with Crippen LogP contribution in [0.3, 0.4) is 0 Å². The molecule has 0 spiro atoms. The van der Waals surface area contributed by atoms with Crippen molar-refractivity contribution >= 4 is 6.29 Å². The van der Waals surface area contributed by atoms with E-state index in [4.69, 9.17) is 0 Å². The fourth-order valence-electron chi connectivity index (χ4n) is 0.466. The molecule has 0 atom stereocenters. The lowest BCUT2D eigenvalue weighted by Gasteiger charge is -1.87. The van der Waals surface area contributed by atoms with Crippen molar-refractivity contribution in [3.63, 3.8) is 0 Å².